The molecule has 0 aliphatic carbocycles. The highest BCUT2D eigenvalue weighted by molar-refractivity contribution is 4.84. The molecular weight excluding hydrogens is 252 g/mol. The van der Waals surface area contributed by atoms with E-state index in [-0.39, 0.29) is 13.0 Å². The molecule has 0 fully saturated rings. The fourth-order valence-electron chi connectivity index (χ4n) is 2.11. The molecule has 0 rings (SSSR count). The quantitative estimate of drug-likeness (QED) is 0.339. The first-order chi connectivity index (χ1) is 9.70. The molecule has 0 radical (unpaired) electrons. The second-order valence-electron chi connectivity index (χ2n) is 5.42. The maximum atomic E-state index is 9.56. The highest BCUT2D eigenvalue weighted by Gasteiger charge is 2.08. The highest BCUT2D eigenvalue weighted by atomic mass is 16.3. The van der Waals surface area contributed by atoms with Crippen molar-refractivity contribution in [2.24, 2.45) is 0 Å². The van der Waals surface area contributed by atoms with Crippen LogP contribution in [0, 0.1) is 0 Å². The number of aliphatic hydroxyl groups excluding tert-OH is 3. The first-order valence-electron chi connectivity index (χ1n) is 7.93. The Bertz CT molecular complexity index is 238. The summed E-state index contributed by atoms with van der Waals surface area (Å²) in [5, 5.41) is 27.4. The van der Waals surface area contributed by atoms with Crippen molar-refractivity contribution < 1.29 is 15.3 Å². The molecule has 0 heterocycles. The number of unbranched alkanes of at least 4 members (excludes halogenated alkanes) is 7. The third-order valence-electron chi connectivity index (χ3n) is 3.36. The van der Waals surface area contributed by atoms with Crippen LogP contribution in [-0.2, 0) is 0 Å². The molecule has 0 aliphatic rings. The van der Waals surface area contributed by atoms with Crippen molar-refractivity contribution in [1.29, 1.82) is 0 Å². The average Bonchev–Trinajstić information content (AvgIpc) is 2.44. The molecular formula is C17H32O3. The van der Waals surface area contributed by atoms with Gasteiger partial charge in [-0.25, -0.2) is 0 Å². The third kappa shape index (κ3) is 13.8. The Kier molecular flexibility index (Phi) is 14.3. The van der Waals surface area contributed by atoms with Gasteiger partial charge >= 0.3 is 0 Å². The lowest BCUT2D eigenvalue weighted by atomic mass is 10.1. The van der Waals surface area contributed by atoms with E-state index in [1.54, 1.807) is 0 Å². The van der Waals surface area contributed by atoms with Gasteiger partial charge in [-0.2, -0.15) is 0 Å². The lowest BCUT2D eigenvalue weighted by Gasteiger charge is -2.11. The SMILES string of the molecule is C=CCCCCCCCC/C=C/C[C@H](O)C[C@H](O)CO. The summed E-state index contributed by atoms with van der Waals surface area (Å²) in [6, 6.07) is 0. The normalized spacial score (nSPS) is 14.6. The van der Waals surface area contributed by atoms with E-state index in [0.29, 0.717) is 6.42 Å². The molecule has 0 aromatic heterocycles. The van der Waals surface area contributed by atoms with E-state index < -0.39 is 12.2 Å². The Hall–Kier alpha value is -0.640. The van der Waals surface area contributed by atoms with Crippen molar-refractivity contribution in [1.82, 2.24) is 0 Å². The summed E-state index contributed by atoms with van der Waals surface area (Å²) < 4.78 is 0. The van der Waals surface area contributed by atoms with Gasteiger partial charge in [-0.05, 0) is 32.1 Å². The van der Waals surface area contributed by atoms with Crippen LogP contribution in [0.3, 0.4) is 0 Å². The summed E-state index contributed by atoms with van der Waals surface area (Å²) >= 11 is 0. The van der Waals surface area contributed by atoms with Crippen molar-refractivity contribution >= 4 is 0 Å². The number of hydrogen-bond acceptors (Lipinski definition) is 3. The van der Waals surface area contributed by atoms with Gasteiger partial charge in [0, 0.05) is 6.42 Å². The van der Waals surface area contributed by atoms with Gasteiger partial charge in [0.2, 0.25) is 0 Å². The lowest BCUT2D eigenvalue weighted by molar-refractivity contribution is 0.0428. The summed E-state index contributed by atoms with van der Waals surface area (Å²) in [6.45, 7) is 3.43. The van der Waals surface area contributed by atoms with Gasteiger partial charge in [0.25, 0.3) is 0 Å². The van der Waals surface area contributed by atoms with Crippen molar-refractivity contribution in [3.05, 3.63) is 24.8 Å². The molecule has 0 unspecified atom stereocenters. The minimum atomic E-state index is -0.806. The van der Waals surface area contributed by atoms with Crippen LogP contribution in [0.5, 0.6) is 0 Å². The maximum Gasteiger partial charge on any atom is 0.0795 e. The molecule has 0 saturated carbocycles. The molecule has 0 spiro atoms. The Balaban J connectivity index is 3.29. The molecule has 0 aromatic rings. The Morgan fingerprint density at radius 3 is 2.00 bits per heavy atom. The summed E-state index contributed by atoms with van der Waals surface area (Å²) in [4.78, 5) is 0. The van der Waals surface area contributed by atoms with E-state index in [1.807, 2.05) is 12.2 Å². The van der Waals surface area contributed by atoms with Crippen LogP contribution in [0.4, 0.5) is 0 Å². The Morgan fingerprint density at radius 1 is 0.800 bits per heavy atom. The second kappa shape index (κ2) is 14.8. The van der Waals surface area contributed by atoms with Gasteiger partial charge in [-0.1, -0.05) is 43.9 Å². The monoisotopic (exact) mass is 284 g/mol. The predicted octanol–water partition coefficient (Wildman–Crippen LogP) is 3.34. The molecule has 0 bridgehead atoms. The molecule has 0 aliphatic heterocycles. The fourth-order valence-corrected chi connectivity index (χ4v) is 2.11. The van der Waals surface area contributed by atoms with E-state index in [4.69, 9.17) is 10.2 Å². The average molecular weight is 284 g/mol. The van der Waals surface area contributed by atoms with Gasteiger partial charge in [0.05, 0.1) is 18.8 Å². The van der Waals surface area contributed by atoms with E-state index in [1.165, 1.54) is 38.5 Å². The van der Waals surface area contributed by atoms with Crippen LogP contribution >= 0.6 is 0 Å². The van der Waals surface area contributed by atoms with Gasteiger partial charge in [-0.15, -0.1) is 6.58 Å². The zero-order valence-corrected chi connectivity index (χ0v) is 12.7. The van der Waals surface area contributed by atoms with Crippen LogP contribution in [-0.4, -0.2) is 34.1 Å². The molecule has 3 heteroatoms. The zero-order valence-electron chi connectivity index (χ0n) is 12.7. The van der Waals surface area contributed by atoms with Gasteiger partial charge in [0.1, 0.15) is 0 Å². The van der Waals surface area contributed by atoms with E-state index in [0.717, 1.165) is 12.8 Å². The predicted molar refractivity (Wildman–Crippen MR) is 84.6 cm³/mol. The molecule has 0 aromatic carbocycles. The maximum absolute atomic E-state index is 9.56. The molecule has 2 atom stereocenters. The second-order valence-corrected chi connectivity index (χ2v) is 5.42. The Morgan fingerprint density at radius 2 is 1.40 bits per heavy atom. The van der Waals surface area contributed by atoms with Crippen LogP contribution in [0.15, 0.2) is 24.8 Å². The van der Waals surface area contributed by atoms with Crippen LogP contribution in [0.2, 0.25) is 0 Å². The van der Waals surface area contributed by atoms with Crippen LogP contribution < -0.4 is 0 Å². The highest BCUT2D eigenvalue weighted by Crippen LogP contribution is 2.09. The van der Waals surface area contributed by atoms with E-state index >= 15 is 0 Å². The molecule has 0 amide bonds. The fraction of sp³-hybridized carbons (Fsp3) is 0.765. The molecule has 3 N–H and O–H groups in total. The number of rotatable bonds is 14. The summed E-state index contributed by atoms with van der Waals surface area (Å²) in [5.41, 5.74) is 0. The standard InChI is InChI=1S/C17H32O3/c1-2-3-4-5-6-7-8-9-10-11-12-13-16(19)14-17(20)15-18/h2,11-12,16-20H,1,3-10,13-15H2/b12-11+/t16-,17-/m0/s1. The number of allylic oxidation sites excluding steroid dienone is 2. The minimum Gasteiger partial charge on any atom is -0.394 e. The largest absolute Gasteiger partial charge is 0.394 e. The van der Waals surface area contributed by atoms with Crippen molar-refractivity contribution in [2.75, 3.05) is 6.61 Å². The molecule has 0 saturated heterocycles. The molecule has 20 heavy (non-hydrogen) atoms. The van der Waals surface area contributed by atoms with E-state index in [9.17, 15) is 5.11 Å². The van der Waals surface area contributed by atoms with Gasteiger partial charge in [-0.3, -0.25) is 0 Å². The molecule has 3 nitrogen and oxygen atoms in total. The number of hydrogen-bond donors (Lipinski definition) is 3. The van der Waals surface area contributed by atoms with Crippen LogP contribution in [0.1, 0.15) is 64.2 Å². The smallest absolute Gasteiger partial charge is 0.0795 e. The topological polar surface area (TPSA) is 60.7 Å². The Labute approximate surface area is 124 Å². The van der Waals surface area contributed by atoms with Crippen molar-refractivity contribution in [3.63, 3.8) is 0 Å². The molecule has 118 valence electrons. The van der Waals surface area contributed by atoms with Crippen LogP contribution in [0.25, 0.3) is 0 Å². The van der Waals surface area contributed by atoms with Gasteiger partial charge < -0.3 is 15.3 Å². The minimum absolute atomic E-state index is 0.242. The first-order valence-corrected chi connectivity index (χ1v) is 7.93. The zero-order chi connectivity index (χ0) is 15.1. The summed E-state index contributed by atoms with van der Waals surface area (Å²) in [5.74, 6) is 0. The van der Waals surface area contributed by atoms with Gasteiger partial charge in [0.15, 0.2) is 0 Å². The van der Waals surface area contributed by atoms with Crippen molar-refractivity contribution in [3.8, 4) is 0 Å². The van der Waals surface area contributed by atoms with E-state index in [2.05, 4.69) is 12.7 Å². The first kappa shape index (κ1) is 19.4. The lowest BCUT2D eigenvalue weighted by Crippen LogP contribution is -2.20. The number of aliphatic hydroxyl groups is 3. The summed E-state index contributed by atoms with van der Waals surface area (Å²) in [7, 11) is 0. The summed E-state index contributed by atoms with van der Waals surface area (Å²) in [6.07, 6.45) is 15.3. The third-order valence-corrected chi connectivity index (χ3v) is 3.36. The van der Waals surface area contributed by atoms with Crippen molar-refractivity contribution in [2.45, 2.75) is 76.4 Å².